The molecule has 0 saturated heterocycles. The summed E-state index contributed by atoms with van der Waals surface area (Å²) < 4.78 is 3.77. The summed E-state index contributed by atoms with van der Waals surface area (Å²) in [5.41, 5.74) is 3.36. The molecule has 15 heavy (non-hydrogen) atoms. The first-order valence-electron chi connectivity index (χ1n) is 4.62. The predicted molar refractivity (Wildman–Crippen MR) is 68.1 cm³/mol. The van der Waals surface area contributed by atoms with E-state index in [1.165, 1.54) is 5.56 Å². The number of hydrogen-bond acceptors (Lipinski definition) is 1. The third kappa shape index (κ3) is 2.21. The van der Waals surface area contributed by atoms with Crippen molar-refractivity contribution in [2.45, 2.75) is 13.8 Å². The van der Waals surface area contributed by atoms with E-state index in [-0.39, 0.29) is 0 Å². The van der Waals surface area contributed by atoms with Gasteiger partial charge in [-0.3, -0.25) is 4.57 Å². The Morgan fingerprint density at radius 3 is 2.53 bits per heavy atom. The Labute approximate surface area is 102 Å². The molecule has 0 atom stereocenters. The molecule has 2 aromatic rings. The smallest absolute Gasteiger partial charge is 0.181 e. The van der Waals surface area contributed by atoms with Crippen molar-refractivity contribution in [3.63, 3.8) is 0 Å². The van der Waals surface area contributed by atoms with Crippen LogP contribution in [0.15, 0.2) is 28.9 Å². The van der Waals surface area contributed by atoms with Gasteiger partial charge in [0.05, 0.1) is 0 Å². The van der Waals surface area contributed by atoms with Gasteiger partial charge in [0.15, 0.2) is 4.77 Å². The van der Waals surface area contributed by atoms with Gasteiger partial charge < -0.3 is 4.98 Å². The van der Waals surface area contributed by atoms with Gasteiger partial charge in [-0.2, -0.15) is 0 Å². The quantitative estimate of drug-likeness (QED) is 0.787. The summed E-state index contributed by atoms with van der Waals surface area (Å²) in [6.07, 6.45) is 2.00. The molecule has 0 aliphatic rings. The summed E-state index contributed by atoms with van der Waals surface area (Å²) in [6, 6.07) is 6.23. The minimum Gasteiger partial charge on any atom is -0.335 e. The van der Waals surface area contributed by atoms with Gasteiger partial charge in [0.1, 0.15) is 0 Å². The maximum absolute atomic E-state index is 5.23. The average Bonchev–Trinajstić information content (AvgIpc) is 2.43. The average molecular weight is 283 g/mol. The fourth-order valence-corrected chi connectivity index (χ4v) is 2.48. The molecule has 1 heterocycles. The molecule has 0 amide bonds. The highest BCUT2D eigenvalue weighted by Gasteiger charge is 2.01. The van der Waals surface area contributed by atoms with Crippen LogP contribution in [-0.4, -0.2) is 9.55 Å². The highest BCUT2D eigenvalue weighted by molar-refractivity contribution is 9.10. The largest absolute Gasteiger partial charge is 0.335 e. The number of H-pyrrole nitrogens is 1. The van der Waals surface area contributed by atoms with E-state index >= 15 is 0 Å². The Morgan fingerprint density at radius 1 is 1.27 bits per heavy atom. The molecule has 4 heteroatoms. The van der Waals surface area contributed by atoms with Gasteiger partial charge in [-0.25, -0.2) is 0 Å². The Hall–Kier alpha value is -0.870. The fourth-order valence-electron chi connectivity index (χ4n) is 1.56. The van der Waals surface area contributed by atoms with E-state index in [4.69, 9.17) is 12.2 Å². The molecule has 2 nitrogen and oxygen atoms in total. The van der Waals surface area contributed by atoms with E-state index in [1.54, 1.807) is 0 Å². The van der Waals surface area contributed by atoms with Crippen LogP contribution in [0.25, 0.3) is 5.69 Å². The van der Waals surface area contributed by atoms with Gasteiger partial charge in [-0.05, 0) is 49.8 Å². The number of aromatic amines is 1. The van der Waals surface area contributed by atoms with Gasteiger partial charge >= 0.3 is 0 Å². The molecule has 0 radical (unpaired) electrons. The zero-order valence-electron chi connectivity index (χ0n) is 8.54. The van der Waals surface area contributed by atoms with Crippen LogP contribution in [0.5, 0.6) is 0 Å². The summed E-state index contributed by atoms with van der Waals surface area (Å²) >= 11 is 8.72. The second kappa shape index (κ2) is 3.94. The molecular formula is C11H11BrN2S. The standard InChI is InChI=1S/C11H11BrN2S/c1-7-3-9(12)5-10(4-7)14-6-8(2)13-11(14)15/h3-6H,1-2H3,(H,13,15). The van der Waals surface area contributed by atoms with Crippen molar-refractivity contribution in [3.8, 4) is 5.69 Å². The van der Waals surface area contributed by atoms with Gasteiger partial charge in [-0.1, -0.05) is 15.9 Å². The maximum Gasteiger partial charge on any atom is 0.181 e. The minimum absolute atomic E-state index is 0.727. The SMILES string of the molecule is Cc1cc(Br)cc(-n2cc(C)[nH]c2=S)c1. The Bertz CT molecular complexity index is 534. The Balaban J connectivity index is 2.63. The monoisotopic (exact) mass is 282 g/mol. The first kappa shape index (κ1) is 10.6. The maximum atomic E-state index is 5.23. The molecule has 0 bridgehead atoms. The third-order valence-corrected chi connectivity index (χ3v) is 2.91. The predicted octanol–water partition coefficient (Wildman–Crippen LogP) is 3.91. The van der Waals surface area contributed by atoms with Crippen molar-refractivity contribution in [1.29, 1.82) is 0 Å². The number of nitrogens with zero attached hydrogens (tertiary/aromatic N) is 1. The van der Waals surface area contributed by atoms with Crippen molar-refractivity contribution in [2.75, 3.05) is 0 Å². The molecule has 1 aromatic heterocycles. The topological polar surface area (TPSA) is 20.7 Å². The second-order valence-corrected chi connectivity index (χ2v) is 4.90. The van der Waals surface area contributed by atoms with Crippen molar-refractivity contribution in [1.82, 2.24) is 9.55 Å². The van der Waals surface area contributed by atoms with Crippen LogP contribution >= 0.6 is 28.1 Å². The summed E-state index contributed by atoms with van der Waals surface area (Å²) in [6.45, 7) is 4.06. The summed E-state index contributed by atoms with van der Waals surface area (Å²) in [7, 11) is 0. The number of imidazole rings is 1. The number of aromatic nitrogens is 2. The molecule has 0 saturated carbocycles. The highest BCUT2D eigenvalue weighted by atomic mass is 79.9. The number of nitrogens with one attached hydrogen (secondary N) is 1. The van der Waals surface area contributed by atoms with Gasteiger partial charge in [0.2, 0.25) is 0 Å². The van der Waals surface area contributed by atoms with E-state index in [0.29, 0.717) is 0 Å². The number of benzene rings is 1. The van der Waals surface area contributed by atoms with E-state index in [9.17, 15) is 0 Å². The lowest BCUT2D eigenvalue weighted by molar-refractivity contribution is 1.03. The fraction of sp³-hybridized carbons (Fsp3) is 0.182. The molecule has 2 rings (SSSR count). The third-order valence-electron chi connectivity index (χ3n) is 2.15. The first-order chi connectivity index (χ1) is 7.06. The lowest BCUT2D eigenvalue weighted by atomic mass is 10.2. The number of halogens is 1. The number of rotatable bonds is 1. The molecule has 1 aromatic carbocycles. The number of hydrogen-bond donors (Lipinski definition) is 1. The zero-order chi connectivity index (χ0) is 11.0. The normalized spacial score (nSPS) is 10.6. The van der Waals surface area contributed by atoms with Gasteiger partial charge in [0.25, 0.3) is 0 Å². The van der Waals surface area contributed by atoms with Crippen LogP contribution in [0, 0.1) is 18.6 Å². The van der Waals surface area contributed by atoms with Crippen LogP contribution in [-0.2, 0) is 0 Å². The Kier molecular flexibility index (Phi) is 2.80. The molecule has 0 aliphatic heterocycles. The van der Waals surface area contributed by atoms with Crippen LogP contribution < -0.4 is 0 Å². The minimum atomic E-state index is 0.727. The lowest BCUT2D eigenvalue weighted by Gasteiger charge is -2.04. The van der Waals surface area contributed by atoms with Gasteiger partial charge in [-0.15, -0.1) is 0 Å². The molecule has 0 aliphatic carbocycles. The molecule has 78 valence electrons. The van der Waals surface area contributed by atoms with Crippen LogP contribution in [0.4, 0.5) is 0 Å². The summed E-state index contributed by atoms with van der Waals surface area (Å²) in [4.78, 5) is 3.11. The van der Waals surface area contributed by atoms with E-state index in [0.717, 1.165) is 20.6 Å². The second-order valence-electron chi connectivity index (χ2n) is 3.60. The number of aryl methyl sites for hydroxylation is 2. The summed E-state index contributed by atoms with van der Waals surface area (Å²) in [5.74, 6) is 0. The molecule has 0 fully saturated rings. The van der Waals surface area contributed by atoms with E-state index in [2.05, 4.69) is 46.0 Å². The Morgan fingerprint density at radius 2 is 2.00 bits per heavy atom. The van der Waals surface area contributed by atoms with Crippen molar-refractivity contribution < 1.29 is 0 Å². The van der Waals surface area contributed by atoms with Crippen LogP contribution in [0.1, 0.15) is 11.3 Å². The molecule has 1 N–H and O–H groups in total. The van der Waals surface area contributed by atoms with Crippen LogP contribution in [0.2, 0.25) is 0 Å². The highest BCUT2D eigenvalue weighted by Crippen LogP contribution is 2.19. The van der Waals surface area contributed by atoms with Gasteiger partial charge in [0, 0.05) is 22.1 Å². The summed E-state index contributed by atoms with van der Waals surface area (Å²) in [5, 5.41) is 0. The zero-order valence-corrected chi connectivity index (χ0v) is 10.9. The van der Waals surface area contributed by atoms with Crippen molar-refractivity contribution >= 4 is 28.1 Å². The van der Waals surface area contributed by atoms with Crippen molar-refractivity contribution in [3.05, 3.63) is 44.9 Å². The molecule has 0 unspecified atom stereocenters. The van der Waals surface area contributed by atoms with E-state index < -0.39 is 0 Å². The van der Waals surface area contributed by atoms with Crippen molar-refractivity contribution in [2.24, 2.45) is 0 Å². The molecular weight excluding hydrogens is 272 g/mol. The molecule has 0 spiro atoms. The first-order valence-corrected chi connectivity index (χ1v) is 5.82. The lowest BCUT2D eigenvalue weighted by Crippen LogP contribution is -1.92. The van der Waals surface area contributed by atoms with Crippen LogP contribution in [0.3, 0.4) is 0 Å². The van der Waals surface area contributed by atoms with E-state index in [1.807, 2.05) is 17.7 Å².